The van der Waals surface area contributed by atoms with E-state index in [1.807, 2.05) is 13.8 Å². The van der Waals surface area contributed by atoms with Gasteiger partial charge in [-0.3, -0.25) is 4.79 Å². The second-order valence-electron chi connectivity index (χ2n) is 5.04. The molecular formula is C13H26N2O2. The largest absolute Gasteiger partial charge is 0.380 e. The molecule has 1 aliphatic rings. The zero-order chi connectivity index (χ0) is 12.7. The number of hydrogen-bond acceptors (Lipinski definition) is 3. The molecule has 0 heterocycles. The Labute approximate surface area is 104 Å². The topological polar surface area (TPSA) is 64.3 Å². The van der Waals surface area contributed by atoms with Crippen LogP contribution < -0.4 is 11.1 Å². The summed E-state index contributed by atoms with van der Waals surface area (Å²) in [5.74, 6) is 0.475. The van der Waals surface area contributed by atoms with E-state index >= 15 is 0 Å². The molecule has 0 aromatic rings. The monoisotopic (exact) mass is 242 g/mol. The lowest BCUT2D eigenvalue weighted by Gasteiger charge is -2.28. The maximum absolute atomic E-state index is 11.8. The first-order valence-electron chi connectivity index (χ1n) is 6.76. The summed E-state index contributed by atoms with van der Waals surface area (Å²) in [4.78, 5) is 11.8. The van der Waals surface area contributed by atoms with E-state index < -0.39 is 0 Å². The second kappa shape index (κ2) is 7.67. The van der Waals surface area contributed by atoms with Crippen LogP contribution >= 0.6 is 0 Å². The Balaban J connectivity index is 2.23. The molecular weight excluding hydrogens is 216 g/mol. The Hall–Kier alpha value is -0.610. The maximum atomic E-state index is 11.8. The minimum atomic E-state index is 0.0854. The first-order valence-corrected chi connectivity index (χ1v) is 6.76. The lowest BCUT2D eigenvalue weighted by atomic mass is 9.83. The normalized spacial score (nSPS) is 26.5. The van der Waals surface area contributed by atoms with E-state index in [1.165, 1.54) is 12.8 Å². The van der Waals surface area contributed by atoms with E-state index in [0.29, 0.717) is 25.6 Å². The van der Waals surface area contributed by atoms with Crippen LogP contribution in [0.2, 0.25) is 0 Å². The molecule has 100 valence electrons. The van der Waals surface area contributed by atoms with Crippen molar-refractivity contribution < 1.29 is 9.53 Å². The third kappa shape index (κ3) is 5.50. The van der Waals surface area contributed by atoms with E-state index in [1.54, 1.807) is 0 Å². The van der Waals surface area contributed by atoms with Crippen LogP contribution in [0.5, 0.6) is 0 Å². The van der Waals surface area contributed by atoms with Crippen molar-refractivity contribution in [3.05, 3.63) is 0 Å². The van der Waals surface area contributed by atoms with Crippen LogP contribution in [0, 0.1) is 5.92 Å². The van der Waals surface area contributed by atoms with Crippen molar-refractivity contribution in [3.63, 3.8) is 0 Å². The number of carbonyl (C=O) groups is 1. The SMILES string of the molecule is CCOCC(C)NC(=O)CC1CCCCC1N. The highest BCUT2D eigenvalue weighted by Gasteiger charge is 2.24. The summed E-state index contributed by atoms with van der Waals surface area (Å²) in [5.41, 5.74) is 6.03. The van der Waals surface area contributed by atoms with E-state index in [-0.39, 0.29) is 18.0 Å². The van der Waals surface area contributed by atoms with Crippen LogP contribution in [0.4, 0.5) is 0 Å². The maximum Gasteiger partial charge on any atom is 0.220 e. The van der Waals surface area contributed by atoms with Gasteiger partial charge in [0.25, 0.3) is 0 Å². The van der Waals surface area contributed by atoms with E-state index in [0.717, 1.165) is 12.8 Å². The lowest BCUT2D eigenvalue weighted by Crippen LogP contribution is -2.40. The Kier molecular flexibility index (Phi) is 6.52. The fourth-order valence-corrected chi connectivity index (χ4v) is 2.40. The molecule has 1 aliphatic carbocycles. The summed E-state index contributed by atoms with van der Waals surface area (Å²) in [5, 5.41) is 2.96. The minimum absolute atomic E-state index is 0.0854. The van der Waals surface area contributed by atoms with Gasteiger partial charge < -0.3 is 15.8 Å². The highest BCUT2D eigenvalue weighted by atomic mass is 16.5. The predicted octanol–water partition coefficient (Wildman–Crippen LogP) is 1.44. The molecule has 1 rings (SSSR count). The molecule has 1 saturated carbocycles. The minimum Gasteiger partial charge on any atom is -0.380 e. The highest BCUT2D eigenvalue weighted by Crippen LogP contribution is 2.25. The first kappa shape index (κ1) is 14.5. The average Bonchev–Trinajstić information content (AvgIpc) is 2.29. The molecule has 4 nitrogen and oxygen atoms in total. The zero-order valence-corrected chi connectivity index (χ0v) is 11.1. The number of nitrogens with two attached hydrogens (primary N) is 1. The van der Waals surface area contributed by atoms with Crippen molar-refractivity contribution in [2.45, 2.75) is 58.0 Å². The summed E-state index contributed by atoms with van der Waals surface area (Å²) < 4.78 is 5.27. The van der Waals surface area contributed by atoms with Crippen molar-refractivity contribution in [1.29, 1.82) is 0 Å². The second-order valence-corrected chi connectivity index (χ2v) is 5.04. The molecule has 0 bridgehead atoms. The van der Waals surface area contributed by atoms with Gasteiger partial charge in [-0.25, -0.2) is 0 Å². The first-order chi connectivity index (χ1) is 8.13. The van der Waals surface area contributed by atoms with Crippen LogP contribution in [-0.4, -0.2) is 31.2 Å². The van der Waals surface area contributed by atoms with Crippen LogP contribution in [0.3, 0.4) is 0 Å². The number of ether oxygens (including phenoxy) is 1. The van der Waals surface area contributed by atoms with Gasteiger partial charge in [0.05, 0.1) is 6.61 Å². The van der Waals surface area contributed by atoms with Crippen LogP contribution in [0.1, 0.15) is 46.0 Å². The summed E-state index contributed by atoms with van der Waals surface area (Å²) in [7, 11) is 0. The summed E-state index contributed by atoms with van der Waals surface area (Å²) >= 11 is 0. The van der Waals surface area contributed by atoms with Gasteiger partial charge in [0, 0.05) is 25.1 Å². The molecule has 1 fully saturated rings. The third-order valence-corrected chi connectivity index (χ3v) is 3.39. The molecule has 0 aromatic carbocycles. The van der Waals surface area contributed by atoms with E-state index in [9.17, 15) is 4.79 Å². The van der Waals surface area contributed by atoms with Crippen molar-refractivity contribution in [2.75, 3.05) is 13.2 Å². The van der Waals surface area contributed by atoms with Crippen LogP contribution in [-0.2, 0) is 9.53 Å². The van der Waals surface area contributed by atoms with Gasteiger partial charge in [-0.15, -0.1) is 0 Å². The molecule has 1 amide bonds. The number of hydrogen-bond donors (Lipinski definition) is 2. The fourth-order valence-electron chi connectivity index (χ4n) is 2.40. The Morgan fingerprint density at radius 3 is 2.82 bits per heavy atom. The van der Waals surface area contributed by atoms with Crippen molar-refractivity contribution >= 4 is 5.91 Å². The molecule has 0 aromatic heterocycles. The molecule has 3 unspecified atom stereocenters. The van der Waals surface area contributed by atoms with E-state index in [4.69, 9.17) is 10.5 Å². The molecule has 17 heavy (non-hydrogen) atoms. The Morgan fingerprint density at radius 1 is 1.47 bits per heavy atom. The highest BCUT2D eigenvalue weighted by molar-refractivity contribution is 5.76. The summed E-state index contributed by atoms with van der Waals surface area (Å²) in [6, 6.07) is 0.291. The third-order valence-electron chi connectivity index (χ3n) is 3.39. The molecule has 0 spiro atoms. The quantitative estimate of drug-likeness (QED) is 0.740. The molecule has 0 saturated heterocycles. The number of nitrogens with one attached hydrogen (secondary N) is 1. The zero-order valence-electron chi connectivity index (χ0n) is 11.1. The van der Waals surface area contributed by atoms with Gasteiger partial charge in [-0.1, -0.05) is 12.8 Å². The van der Waals surface area contributed by atoms with E-state index in [2.05, 4.69) is 5.32 Å². The summed E-state index contributed by atoms with van der Waals surface area (Å²) in [6.45, 7) is 5.19. The predicted molar refractivity (Wildman–Crippen MR) is 68.6 cm³/mol. The number of carbonyl (C=O) groups excluding carboxylic acids is 1. The Morgan fingerprint density at radius 2 is 2.18 bits per heavy atom. The molecule has 3 atom stereocenters. The van der Waals surface area contributed by atoms with Crippen molar-refractivity contribution in [3.8, 4) is 0 Å². The molecule has 4 heteroatoms. The molecule has 0 aliphatic heterocycles. The Bertz CT molecular complexity index is 233. The van der Waals surface area contributed by atoms with Gasteiger partial charge in [-0.2, -0.15) is 0 Å². The fraction of sp³-hybridized carbons (Fsp3) is 0.923. The van der Waals surface area contributed by atoms with Gasteiger partial charge in [0.2, 0.25) is 5.91 Å². The smallest absolute Gasteiger partial charge is 0.220 e. The van der Waals surface area contributed by atoms with Gasteiger partial charge in [0.1, 0.15) is 0 Å². The van der Waals surface area contributed by atoms with Crippen molar-refractivity contribution in [2.24, 2.45) is 11.7 Å². The standard InChI is InChI=1S/C13H26N2O2/c1-3-17-9-10(2)15-13(16)8-11-6-4-5-7-12(11)14/h10-12H,3-9,14H2,1-2H3,(H,15,16). The van der Waals surface area contributed by atoms with Crippen LogP contribution in [0.15, 0.2) is 0 Å². The molecule has 0 radical (unpaired) electrons. The molecule has 3 N–H and O–H groups in total. The van der Waals surface area contributed by atoms with Gasteiger partial charge >= 0.3 is 0 Å². The van der Waals surface area contributed by atoms with Gasteiger partial charge in [0.15, 0.2) is 0 Å². The summed E-state index contributed by atoms with van der Waals surface area (Å²) in [6.07, 6.45) is 5.14. The van der Waals surface area contributed by atoms with Crippen LogP contribution in [0.25, 0.3) is 0 Å². The average molecular weight is 242 g/mol. The number of rotatable bonds is 6. The lowest BCUT2D eigenvalue weighted by molar-refractivity contribution is -0.123. The number of amides is 1. The van der Waals surface area contributed by atoms with Crippen molar-refractivity contribution in [1.82, 2.24) is 5.32 Å². The van der Waals surface area contributed by atoms with Gasteiger partial charge in [-0.05, 0) is 32.6 Å².